The van der Waals surface area contributed by atoms with Crippen molar-refractivity contribution in [2.45, 2.75) is 38.5 Å². The maximum atomic E-state index is 12.7. The van der Waals surface area contributed by atoms with Crippen LogP contribution < -0.4 is 10.9 Å². The van der Waals surface area contributed by atoms with Crippen LogP contribution in [0.4, 0.5) is 0 Å². The maximum absolute atomic E-state index is 12.7. The zero-order valence-electron chi connectivity index (χ0n) is 13.0. The highest BCUT2D eigenvalue weighted by Crippen LogP contribution is 2.59. The molecule has 0 atom stereocenters. The van der Waals surface area contributed by atoms with E-state index in [4.69, 9.17) is 11.6 Å². The molecule has 0 saturated heterocycles. The molecule has 0 aromatic heterocycles. The van der Waals surface area contributed by atoms with Gasteiger partial charge in [-0.1, -0.05) is 11.6 Å². The van der Waals surface area contributed by atoms with Crippen molar-refractivity contribution in [3.05, 3.63) is 34.9 Å². The molecule has 1 aromatic rings. The molecule has 0 spiro atoms. The van der Waals surface area contributed by atoms with Gasteiger partial charge in [0.2, 0.25) is 5.91 Å². The van der Waals surface area contributed by atoms with Crippen molar-refractivity contribution in [3.8, 4) is 0 Å². The molecule has 2 amide bonds. The number of nitrogens with one attached hydrogen (secondary N) is 2. The highest BCUT2D eigenvalue weighted by molar-refractivity contribution is 6.30. The lowest BCUT2D eigenvalue weighted by Crippen LogP contribution is -2.56. The number of hydrogen-bond acceptors (Lipinski definition) is 2. The Morgan fingerprint density at radius 2 is 1.43 bits per heavy atom. The molecule has 4 saturated carbocycles. The Kier molecular flexibility index (Phi) is 3.60. The van der Waals surface area contributed by atoms with E-state index in [1.807, 2.05) is 0 Å². The van der Waals surface area contributed by atoms with E-state index in [-0.39, 0.29) is 17.2 Å². The number of carbonyl (C=O) groups excluding carboxylic acids is 2. The van der Waals surface area contributed by atoms with E-state index in [2.05, 4.69) is 10.9 Å². The van der Waals surface area contributed by atoms with Crippen molar-refractivity contribution < 1.29 is 9.59 Å². The van der Waals surface area contributed by atoms with Crippen LogP contribution in [0.2, 0.25) is 5.02 Å². The summed E-state index contributed by atoms with van der Waals surface area (Å²) >= 11 is 5.82. The Hall–Kier alpha value is -1.55. The predicted octanol–water partition coefficient (Wildman–Crippen LogP) is 3.32. The highest BCUT2D eigenvalue weighted by Gasteiger charge is 2.54. The summed E-state index contributed by atoms with van der Waals surface area (Å²) in [7, 11) is 0. The van der Waals surface area contributed by atoms with E-state index in [0.717, 1.165) is 19.3 Å². The van der Waals surface area contributed by atoms with E-state index in [9.17, 15) is 9.59 Å². The smallest absolute Gasteiger partial charge is 0.269 e. The molecule has 0 aliphatic heterocycles. The lowest BCUT2D eigenvalue weighted by molar-refractivity contribution is -0.147. The first-order valence-electron chi connectivity index (χ1n) is 8.40. The van der Waals surface area contributed by atoms with Crippen molar-refractivity contribution in [2.75, 3.05) is 0 Å². The van der Waals surface area contributed by atoms with Crippen LogP contribution in [0.25, 0.3) is 0 Å². The minimum Gasteiger partial charge on any atom is -0.273 e. The fourth-order valence-electron chi connectivity index (χ4n) is 5.31. The molecule has 122 valence electrons. The molecule has 23 heavy (non-hydrogen) atoms. The fraction of sp³-hybridized carbons (Fsp3) is 0.556. The molecule has 4 bridgehead atoms. The molecule has 0 unspecified atom stereocenters. The third kappa shape index (κ3) is 2.74. The minimum absolute atomic E-state index is 0.00101. The molecule has 0 heterocycles. The molecule has 5 heteroatoms. The van der Waals surface area contributed by atoms with Gasteiger partial charge in [-0.15, -0.1) is 0 Å². The van der Waals surface area contributed by atoms with Crippen LogP contribution in [0.1, 0.15) is 48.9 Å². The molecular weight excluding hydrogens is 312 g/mol. The third-order valence-corrected chi connectivity index (χ3v) is 6.17. The van der Waals surface area contributed by atoms with Gasteiger partial charge in [0.05, 0.1) is 5.41 Å². The van der Waals surface area contributed by atoms with E-state index in [1.165, 1.54) is 19.3 Å². The van der Waals surface area contributed by atoms with Gasteiger partial charge in [0.1, 0.15) is 0 Å². The van der Waals surface area contributed by atoms with Crippen LogP contribution in [-0.2, 0) is 4.79 Å². The van der Waals surface area contributed by atoms with E-state index < -0.39 is 0 Å². The quantitative estimate of drug-likeness (QED) is 0.816. The van der Waals surface area contributed by atoms with Gasteiger partial charge in [0.25, 0.3) is 5.91 Å². The van der Waals surface area contributed by atoms with Crippen molar-refractivity contribution in [2.24, 2.45) is 23.2 Å². The van der Waals surface area contributed by atoms with Crippen molar-refractivity contribution in [1.29, 1.82) is 0 Å². The van der Waals surface area contributed by atoms with Crippen molar-refractivity contribution >= 4 is 23.4 Å². The molecule has 1 aromatic carbocycles. The summed E-state index contributed by atoms with van der Waals surface area (Å²) in [5, 5.41) is 0.583. The van der Waals surface area contributed by atoms with E-state index in [0.29, 0.717) is 28.3 Å². The molecule has 4 aliphatic carbocycles. The summed E-state index contributed by atoms with van der Waals surface area (Å²) < 4.78 is 0. The van der Waals surface area contributed by atoms with Crippen LogP contribution in [0, 0.1) is 23.2 Å². The van der Waals surface area contributed by atoms with Gasteiger partial charge in [0, 0.05) is 10.6 Å². The van der Waals surface area contributed by atoms with Crippen LogP contribution in [0.15, 0.2) is 24.3 Å². The summed E-state index contributed by atoms with van der Waals surface area (Å²) in [6.07, 6.45) is 6.85. The molecule has 5 rings (SSSR count). The topological polar surface area (TPSA) is 58.2 Å². The van der Waals surface area contributed by atoms with E-state index in [1.54, 1.807) is 24.3 Å². The fourth-order valence-corrected chi connectivity index (χ4v) is 5.43. The standard InChI is InChI=1S/C18H21ClN2O2/c19-15-3-1-14(2-4-15)16(22)20-21-17(23)18-8-11-5-12(9-18)7-13(6-11)10-18/h1-4,11-13H,5-10H2,(H,20,22)(H,21,23). The van der Waals surface area contributed by atoms with Gasteiger partial charge < -0.3 is 0 Å². The summed E-state index contributed by atoms with van der Waals surface area (Å²) in [6, 6.07) is 6.62. The monoisotopic (exact) mass is 332 g/mol. The van der Waals surface area contributed by atoms with Crippen LogP contribution in [0.5, 0.6) is 0 Å². The Balaban J connectivity index is 1.40. The number of amides is 2. The summed E-state index contributed by atoms with van der Waals surface area (Å²) in [4.78, 5) is 24.9. The summed E-state index contributed by atoms with van der Waals surface area (Å²) in [5.74, 6) is 1.82. The number of hydrogen-bond donors (Lipinski definition) is 2. The Morgan fingerprint density at radius 1 is 0.913 bits per heavy atom. The van der Waals surface area contributed by atoms with Gasteiger partial charge in [-0.25, -0.2) is 0 Å². The number of rotatable bonds is 2. The first kappa shape index (κ1) is 15.0. The minimum atomic E-state index is -0.306. The first-order chi connectivity index (χ1) is 11.0. The second-order valence-electron chi connectivity index (χ2n) is 7.61. The zero-order valence-corrected chi connectivity index (χ0v) is 13.7. The SMILES string of the molecule is O=C(NNC(=O)C12CC3CC(CC(C3)C1)C2)c1ccc(Cl)cc1. The van der Waals surface area contributed by atoms with Gasteiger partial charge >= 0.3 is 0 Å². The molecular formula is C18H21ClN2O2. The molecule has 2 N–H and O–H groups in total. The van der Waals surface area contributed by atoms with Crippen LogP contribution in [-0.4, -0.2) is 11.8 Å². The summed E-state index contributed by atoms with van der Waals surface area (Å²) in [5.41, 5.74) is 5.48. The number of carbonyl (C=O) groups is 2. The zero-order chi connectivity index (χ0) is 16.0. The molecule has 0 radical (unpaired) electrons. The lowest BCUT2D eigenvalue weighted by atomic mass is 9.49. The summed E-state index contributed by atoms with van der Waals surface area (Å²) in [6.45, 7) is 0. The maximum Gasteiger partial charge on any atom is 0.269 e. The molecule has 4 aliphatic rings. The molecule has 4 fully saturated rings. The average molecular weight is 333 g/mol. The van der Waals surface area contributed by atoms with Crippen molar-refractivity contribution in [1.82, 2.24) is 10.9 Å². The van der Waals surface area contributed by atoms with Gasteiger partial charge in [0.15, 0.2) is 0 Å². The number of halogens is 1. The van der Waals surface area contributed by atoms with Gasteiger partial charge in [-0.2, -0.15) is 0 Å². The predicted molar refractivity (Wildman–Crippen MR) is 87.7 cm³/mol. The Labute approximate surface area is 140 Å². The third-order valence-electron chi connectivity index (χ3n) is 5.92. The van der Waals surface area contributed by atoms with Gasteiger partial charge in [-0.3, -0.25) is 20.4 Å². The number of hydrazine groups is 1. The Bertz CT molecular complexity index is 606. The first-order valence-corrected chi connectivity index (χ1v) is 8.78. The average Bonchev–Trinajstić information content (AvgIpc) is 2.51. The largest absolute Gasteiger partial charge is 0.273 e. The van der Waals surface area contributed by atoms with Crippen LogP contribution in [0.3, 0.4) is 0 Å². The highest BCUT2D eigenvalue weighted by atomic mass is 35.5. The molecule has 4 nitrogen and oxygen atoms in total. The van der Waals surface area contributed by atoms with E-state index >= 15 is 0 Å². The second kappa shape index (κ2) is 5.52. The normalized spacial score (nSPS) is 34.2. The van der Waals surface area contributed by atoms with Crippen molar-refractivity contribution in [3.63, 3.8) is 0 Å². The van der Waals surface area contributed by atoms with Gasteiger partial charge in [-0.05, 0) is 80.5 Å². The lowest BCUT2D eigenvalue weighted by Gasteiger charge is -2.55. The number of benzene rings is 1. The van der Waals surface area contributed by atoms with Crippen LogP contribution >= 0.6 is 11.6 Å². The second-order valence-corrected chi connectivity index (χ2v) is 8.05. The Morgan fingerprint density at radius 3 is 1.96 bits per heavy atom.